The molecule has 0 fully saturated rings. The van der Waals surface area contributed by atoms with Crippen molar-refractivity contribution in [3.05, 3.63) is 90.5 Å². The maximum absolute atomic E-state index is 12.1. The van der Waals surface area contributed by atoms with Gasteiger partial charge in [0, 0.05) is 23.1 Å². The lowest BCUT2D eigenvalue weighted by Crippen LogP contribution is -2.19. The van der Waals surface area contributed by atoms with Crippen molar-refractivity contribution in [3.8, 4) is 5.75 Å². The number of rotatable bonds is 6. The third kappa shape index (κ3) is 6.25. The van der Waals surface area contributed by atoms with E-state index in [2.05, 4.69) is 16.0 Å². The van der Waals surface area contributed by atoms with Gasteiger partial charge >= 0.3 is 6.03 Å². The summed E-state index contributed by atoms with van der Waals surface area (Å²) in [6, 6.07) is 23.1. The molecule has 0 aliphatic rings. The zero-order valence-electron chi connectivity index (χ0n) is 15.9. The van der Waals surface area contributed by atoms with Crippen LogP contribution in [0.5, 0.6) is 5.75 Å². The molecule has 6 heteroatoms. The summed E-state index contributed by atoms with van der Waals surface area (Å²) in [5, 5.41) is 8.26. The topological polar surface area (TPSA) is 79.5 Å². The van der Waals surface area contributed by atoms with Crippen molar-refractivity contribution in [2.75, 3.05) is 23.1 Å². The molecule has 3 N–H and O–H groups in total. The average molecular weight is 387 g/mol. The number of nitrogens with one attached hydrogen (secondary N) is 3. The van der Waals surface area contributed by atoms with Crippen LogP contribution >= 0.6 is 0 Å². The van der Waals surface area contributed by atoms with Crippen molar-refractivity contribution in [1.29, 1.82) is 0 Å². The van der Waals surface area contributed by atoms with Crippen LogP contribution in [0.3, 0.4) is 0 Å². The Hall–Kier alpha value is -4.06. The van der Waals surface area contributed by atoms with Crippen LogP contribution in [0.4, 0.5) is 21.9 Å². The van der Waals surface area contributed by atoms with E-state index in [1.807, 2.05) is 42.5 Å². The molecule has 0 atom stereocenters. The lowest BCUT2D eigenvalue weighted by atomic mass is 10.2. The fourth-order valence-electron chi connectivity index (χ4n) is 2.55. The van der Waals surface area contributed by atoms with E-state index in [4.69, 9.17) is 4.74 Å². The summed E-state index contributed by atoms with van der Waals surface area (Å²) in [6.45, 7) is 0. The Labute approximate surface area is 169 Å². The molecule has 0 aromatic heterocycles. The number of methoxy groups -OCH3 is 1. The smallest absolute Gasteiger partial charge is 0.323 e. The maximum Gasteiger partial charge on any atom is 0.323 e. The Kier molecular flexibility index (Phi) is 6.62. The van der Waals surface area contributed by atoms with Gasteiger partial charge in [-0.25, -0.2) is 4.79 Å². The minimum absolute atomic E-state index is 0.254. The van der Waals surface area contributed by atoms with Crippen molar-refractivity contribution < 1.29 is 14.3 Å². The molecule has 0 saturated heterocycles. The van der Waals surface area contributed by atoms with Crippen molar-refractivity contribution in [2.24, 2.45) is 0 Å². The monoisotopic (exact) mass is 387 g/mol. The highest BCUT2D eigenvalue weighted by atomic mass is 16.5. The fraction of sp³-hybridized carbons (Fsp3) is 0.0435. The first kappa shape index (κ1) is 19.7. The third-order valence-corrected chi connectivity index (χ3v) is 3.96. The second kappa shape index (κ2) is 9.75. The maximum atomic E-state index is 12.1. The zero-order valence-corrected chi connectivity index (χ0v) is 15.9. The van der Waals surface area contributed by atoms with Crippen molar-refractivity contribution >= 4 is 35.1 Å². The van der Waals surface area contributed by atoms with Gasteiger partial charge in [-0.1, -0.05) is 30.3 Å². The first-order chi connectivity index (χ1) is 14.1. The van der Waals surface area contributed by atoms with Crippen LogP contribution in [0.25, 0.3) is 6.08 Å². The number of amides is 3. The number of carbonyl (C=O) groups is 2. The molecule has 0 spiro atoms. The number of urea groups is 1. The number of hydrogen-bond acceptors (Lipinski definition) is 3. The summed E-state index contributed by atoms with van der Waals surface area (Å²) in [7, 11) is 1.60. The minimum Gasteiger partial charge on any atom is -0.497 e. The molecule has 3 aromatic carbocycles. The molecule has 0 unspecified atom stereocenters. The normalized spacial score (nSPS) is 10.4. The van der Waals surface area contributed by atoms with Gasteiger partial charge in [0.05, 0.1) is 7.11 Å². The van der Waals surface area contributed by atoms with E-state index in [1.54, 1.807) is 49.6 Å². The highest BCUT2D eigenvalue weighted by molar-refractivity contribution is 6.02. The van der Waals surface area contributed by atoms with Gasteiger partial charge in [0.1, 0.15) is 5.75 Å². The molecule has 146 valence electrons. The number of carbonyl (C=O) groups excluding carboxylic acids is 2. The summed E-state index contributed by atoms with van der Waals surface area (Å²) in [4.78, 5) is 24.1. The van der Waals surface area contributed by atoms with Crippen LogP contribution in [0.15, 0.2) is 84.9 Å². The molecule has 3 amide bonds. The van der Waals surface area contributed by atoms with Gasteiger partial charge in [-0.15, -0.1) is 0 Å². The van der Waals surface area contributed by atoms with E-state index >= 15 is 0 Å². The van der Waals surface area contributed by atoms with Gasteiger partial charge in [-0.2, -0.15) is 0 Å². The largest absolute Gasteiger partial charge is 0.497 e. The van der Waals surface area contributed by atoms with Crippen LogP contribution in [0, 0.1) is 0 Å². The number of hydrogen-bond donors (Lipinski definition) is 3. The van der Waals surface area contributed by atoms with Gasteiger partial charge < -0.3 is 20.7 Å². The van der Waals surface area contributed by atoms with Crippen LogP contribution in [0.2, 0.25) is 0 Å². The molecular weight excluding hydrogens is 366 g/mol. The molecular formula is C23H21N3O3. The van der Waals surface area contributed by atoms with E-state index in [1.165, 1.54) is 6.08 Å². The molecule has 0 heterocycles. The molecule has 6 nitrogen and oxygen atoms in total. The summed E-state index contributed by atoms with van der Waals surface area (Å²) < 4.78 is 5.16. The van der Waals surface area contributed by atoms with Gasteiger partial charge in [0.25, 0.3) is 0 Å². The lowest BCUT2D eigenvalue weighted by molar-refractivity contribution is -0.111. The quantitative estimate of drug-likeness (QED) is 0.521. The van der Waals surface area contributed by atoms with E-state index in [-0.39, 0.29) is 11.9 Å². The highest BCUT2D eigenvalue weighted by Crippen LogP contribution is 2.16. The van der Waals surface area contributed by atoms with Crippen molar-refractivity contribution in [1.82, 2.24) is 0 Å². The molecule has 3 aromatic rings. The first-order valence-electron chi connectivity index (χ1n) is 8.98. The summed E-state index contributed by atoms with van der Waals surface area (Å²) in [6.07, 6.45) is 3.16. The van der Waals surface area contributed by atoms with Crippen LogP contribution < -0.4 is 20.7 Å². The predicted molar refractivity (Wildman–Crippen MR) is 116 cm³/mol. The van der Waals surface area contributed by atoms with Gasteiger partial charge in [0.15, 0.2) is 0 Å². The SMILES string of the molecule is COc1cccc(C=CC(=O)Nc2ccc(NC(=O)Nc3ccccc3)cc2)c1. The van der Waals surface area contributed by atoms with Gasteiger partial charge in [-0.3, -0.25) is 4.79 Å². The Balaban J connectivity index is 1.52. The molecule has 0 aliphatic carbocycles. The molecule has 3 rings (SSSR count). The average Bonchev–Trinajstić information content (AvgIpc) is 2.74. The van der Waals surface area contributed by atoms with Crippen LogP contribution in [0.1, 0.15) is 5.56 Å². The van der Waals surface area contributed by atoms with Crippen molar-refractivity contribution in [3.63, 3.8) is 0 Å². The number of para-hydroxylation sites is 1. The van der Waals surface area contributed by atoms with Gasteiger partial charge in [-0.05, 0) is 60.2 Å². The highest BCUT2D eigenvalue weighted by Gasteiger charge is 2.03. The van der Waals surface area contributed by atoms with Gasteiger partial charge in [0.2, 0.25) is 5.91 Å². The molecule has 29 heavy (non-hydrogen) atoms. The second-order valence-electron chi connectivity index (χ2n) is 6.12. The summed E-state index contributed by atoms with van der Waals surface area (Å²) in [5.41, 5.74) is 2.81. The predicted octanol–water partition coefficient (Wildman–Crippen LogP) is 4.99. The number of benzene rings is 3. The second-order valence-corrected chi connectivity index (χ2v) is 6.12. The van der Waals surface area contributed by atoms with Crippen LogP contribution in [-0.2, 0) is 4.79 Å². The molecule has 0 bridgehead atoms. The fourth-order valence-corrected chi connectivity index (χ4v) is 2.55. The Bertz CT molecular complexity index is 999. The summed E-state index contributed by atoms with van der Waals surface area (Å²) >= 11 is 0. The molecule has 0 radical (unpaired) electrons. The van der Waals surface area contributed by atoms with E-state index in [0.29, 0.717) is 17.1 Å². The van der Waals surface area contributed by atoms with Crippen LogP contribution in [-0.4, -0.2) is 19.0 Å². The minimum atomic E-state index is -0.339. The van der Waals surface area contributed by atoms with E-state index in [9.17, 15) is 9.59 Å². The molecule has 0 saturated carbocycles. The molecule has 0 aliphatic heterocycles. The number of ether oxygens (including phenoxy) is 1. The van der Waals surface area contributed by atoms with Crippen molar-refractivity contribution in [2.45, 2.75) is 0 Å². The first-order valence-corrected chi connectivity index (χ1v) is 8.98. The Morgan fingerprint density at radius 1 is 0.759 bits per heavy atom. The Morgan fingerprint density at radius 2 is 1.38 bits per heavy atom. The zero-order chi connectivity index (χ0) is 20.5. The van der Waals surface area contributed by atoms with E-state index < -0.39 is 0 Å². The third-order valence-electron chi connectivity index (χ3n) is 3.96. The Morgan fingerprint density at radius 3 is 2.03 bits per heavy atom. The standard InChI is InChI=1S/C23H21N3O3/c1-29-21-9-5-6-17(16-21)10-15-22(27)24-19-11-13-20(14-12-19)26-23(28)25-18-7-3-2-4-8-18/h2-16H,1H3,(H,24,27)(H2,25,26,28). The summed E-state index contributed by atoms with van der Waals surface area (Å²) in [5.74, 6) is 0.474. The number of anilines is 3. The van der Waals surface area contributed by atoms with E-state index in [0.717, 1.165) is 11.3 Å². The lowest BCUT2D eigenvalue weighted by Gasteiger charge is -2.08.